The van der Waals surface area contributed by atoms with Gasteiger partial charge in [-0.05, 0) is 43.5 Å². The van der Waals surface area contributed by atoms with E-state index in [2.05, 4.69) is 11.8 Å². The largest absolute Gasteiger partial charge is 0.487 e. The minimum absolute atomic E-state index is 0.0429. The quantitative estimate of drug-likeness (QED) is 0.567. The lowest BCUT2D eigenvalue weighted by Gasteiger charge is -2.37. The van der Waals surface area contributed by atoms with Crippen LogP contribution in [0.15, 0.2) is 53.4 Å². The van der Waals surface area contributed by atoms with Crippen LogP contribution in [0.4, 0.5) is 0 Å². The van der Waals surface area contributed by atoms with Gasteiger partial charge in [0.2, 0.25) is 15.9 Å². The molecule has 1 aliphatic carbocycles. The molecule has 4 rings (SSSR count). The Labute approximate surface area is 226 Å². The lowest BCUT2D eigenvalue weighted by molar-refractivity contribution is -0.130. The summed E-state index contributed by atoms with van der Waals surface area (Å²) < 4.78 is 35.1. The molecule has 0 aromatic heterocycles. The smallest absolute Gasteiger partial charge is 0.247 e. The first-order chi connectivity index (χ1) is 18.2. The molecule has 1 heterocycles. The van der Waals surface area contributed by atoms with Crippen LogP contribution >= 0.6 is 0 Å². The lowest BCUT2D eigenvalue weighted by atomic mass is 10.0. The van der Waals surface area contributed by atoms with E-state index < -0.39 is 22.2 Å². The van der Waals surface area contributed by atoms with E-state index in [1.165, 1.54) is 17.1 Å². The fourth-order valence-corrected chi connectivity index (χ4v) is 6.88. The standard InChI is InChI=1S/C30H38N2O5S/c1-22-19-32(23(2)21-33)38(35,36)29-16-15-26(14-13-24-9-7-8-10-24)17-27(29)37-28(22)20-31(3)30(34)18-25-11-5-4-6-12-25/h4-6,11-12,15-17,22-24,28,33H,7-10,18-21H2,1-3H3/t22-,23-,28+/m0/s1. The third-order valence-electron chi connectivity index (χ3n) is 7.52. The molecule has 0 radical (unpaired) electrons. The highest BCUT2D eigenvalue weighted by atomic mass is 32.2. The van der Waals surface area contributed by atoms with Crippen molar-refractivity contribution in [2.75, 3.05) is 26.7 Å². The van der Waals surface area contributed by atoms with Gasteiger partial charge in [0.05, 0.1) is 19.6 Å². The topological polar surface area (TPSA) is 87.2 Å². The summed E-state index contributed by atoms with van der Waals surface area (Å²) in [6, 6.07) is 13.9. The number of carbonyl (C=O) groups is 1. The van der Waals surface area contributed by atoms with Crippen molar-refractivity contribution in [1.82, 2.24) is 9.21 Å². The van der Waals surface area contributed by atoms with Crippen molar-refractivity contribution in [2.45, 2.75) is 63.0 Å². The summed E-state index contributed by atoms with van der Waals surface area (Å²) in [5.74, 6) is 6.87. The Balaban J connectivity index is 1.64. The van der Waals surface area contributed by atoms with E-state index in [0.717, 1.165) is 18.4 Å². The van der Waals surface area contributed by atoms with E-state index in [-0.39, 0.29) is 42.0 Å². The van der Waals surface area contributed by atoms with E-state index >= 15 is 0 Å². The van der Waals surface area contributed by atoms with E-state index in [1.54, 1.807) is 37.1 Å². The average Bonchev–Trinajstić information content (AvgIpc) is 3.43. The molecule has 3 atom stereocenters. The van der Waals surface area contributed by atoms with Gasteiger partial charge in [0.1, 0.15) is 16.7 Å². The summed E-state index contributed by atoms with van der Waals surface area (Å²) in [6.45, 7) is 3.77. The molecule has 1 saturated carbocycles. The molecular formula is C30H38N2O5S. The van der Waals surface area contributed by atoms with Gasteiger partial charge in [0.25, 0.3) is 0 Å². The van der Waals surface area contributed by atoms with Gasteiger partial charge in [0, 0.05) is 37.0 Å². The summed E-state index contributed by atoms with van der Waals surface area (Å²) in [7, 11) is -2.18. The molecule has 1 aliphatic heterocycles. The SMILES string of the molecule is C[C@H]1CN([C@@H](C)CO)S(=O)(=O)c2ccc(C#CC3CCCC3)cc2O[C@@H]1CN(C)C(=O)Cc1ccccc1. The molecule has 2 aromatic rings. The van der Waals surface area contributed by atoms with E-state index in [1.807, 2.05) is 37.3 Å². The van der Waals surface area contributed by atoms with Crippen molar-refractivity contribution < 1.29 is 23.1 Å². The molecule has 1 fully saturated rings. The van der Waals surface area contributed by atoms with Crippen LogP contribution in [0.3, 0.4) is 0 Å². The number of hydrogen-bond donors (Lipinski definition) is 1. The molecule has 1 amide bonds. The number of aliphatic hydroxyl groups is 1. The first-order valence-electron chi connectivity index (χ1n) is 13.4. The van der Waals surface area contributed by atoms with Crippen molar-refractivity contribution >= 4 is 15.9 Å². The van der Waals surface area contributed by atoms with Crippen LogP contribution in [-0.4, -0.2) is 67.5 Å². The Morgan fingerprint density at radius 1 is 1.18 bits per heavy atom. The maximum Gasteiger partial charge on any atom is 0.247 e. The second-order valence-corrected chi connectivity index (χ2v) is 12.4. The Morgan fingerprint density at radius 3 is 2.58 bits per heavy atom. The number of nitrogens with zero attached hydrogens (tertiary/aromatic N) is 2. The highest BCUT2D eigenvalue weighted by Gasteiger charge is 2.38. The molecule has 0 bridgehead atoms. The second kappa shape index (κ2) is 12.3. The zero-order valence-corrected chi connectivity index (χ0v) is 23.3. The highest BCUT2D eigenvalue weighted by Crippen LogP contribution is 2.34. The minimum Gasteiger partial charge on any atom is -0.487 e. The third kappa shape index (κ3) is 6.58. The van der Waals surface area contributed by atoms with Gasteiger partial charge in [0.15, 0.2) is 0 Å². The van der Waals surface area contributed by atoms with Gasteiger partial charge in [-0.2, -0.15) is 4.31 Å². The van der Waals surface area contributed by atoms with Crippen molar-refractivity contribution in [3.05, 3.63) is 59.7 Å². The van der Waals surface area contributed by atoms with Gasteiger partial charge in [-0.15, -0.1) is 0 Å². The van der Waals surface area contributed by atoms with E-state index in [0.29, 0.717) is 18.0 Å². The molecule has 1 N–H and O–H groups in total. The predicted molar refractivity (Wildman–Crippen MR) is 147 cm³/mol. The normalized spacial score (nSPS) is 22.2. The molecule has 204 valence electrons. The Morgan fingerprint density at radius 2 is 1.89 bits per heavy atom. The van der Waals surface area contributed by atoms with Gasteiger partial charge < -0.3 is 14.7 Å². The van der Waals surface area contributed by atoms with Crippen LogP contribution < -0.4 is 4.74 Å². The van der Waals surface area contributed by atoms with Crippen LogP contribution in [0.1, 0.15) is 50.7 Å². The van der Waals surface area contributed by atoms with Crippen molar-refractivity contribution in [3.63, 3.8) is 0 Å². The summed E-state index contributed by atoms with van der Waals surface area (Å²) >= 11 is 0. The molecule has 0 spiro atoms. The number of fused-ring (bicyclic) bond motifs is 1. The second-order valence-electron chi connectivity index (χ2n) is 10.6. The van der Waals surface area contributed by atoms with Crippen LogP contribution in [0, 0.1) is 23.7 Å². The van der Waals surface area contributed by atoms with Gasteiger partial charge in [-0.25, -0.2) is 8.42 Å². The predicted octanol–water partition coefficient (Wildman–Crippen LogP) is 3.70. The summed E-state index contributed by atoms with van der Waals surface area (Å²) in [6.07, 6.45) is 4.40. The van der Waals surface area contributed by atoms with Crippen LogP contribution in [0.2, 0.25) is 0 Å². The number of rotatable bonds is 6. The number of likely N-dealkylation sites (N-methyl/N-ethyl adjacent to an activating group) is 1. The van der Waals surface area contributed by atoms with Crippen molar-refractivity contribution in [1.29, 1.82) is 0 Å². The maximum atomic E-state index is 13.7. The maximum absolute atomic E-state index is 13.7. The third-order valence-corrected chi connectivity index (χ3v) is 9.54. The van der Waals surface area contributed by atoms with Gasteiger partial charge >= 0.3 is 0 Å². The van der Waals surface area contributed by atoms with Crippen LogP contribution in [0.25, 0.3) is 0 Å². The minimum atomic E-state index is -3.92. The Bertz CT molecular complexity index is 1280. The summed E-state index contributed by atoms with van der Waals surface area (Å²) in [4.78, 5) is 14.7. The number of amides is 1. The molecule has 2 aromatic carbocycles. The fourth-order valence-electron chi connectivity index (χ4n) is 5.05. The van der Waals surface area contributed by atoms with Gasteiger partial charge in [-0.3, -0.25) is 4.79 Å². The zero-order chi connectivity index (χ0) is 27.3. The molecule has 0 unspecified atom stereocenters. The molecule has 8 heteroatoms. The van der Waals surface area contributed by atoms with Crippen molar-refractivity contribution in [3.8, 4) is 17.6 Å². The monoisotopic (exact) mass is 538 g/mol. The molecule has 7 nitrogen and oxygen atoms in total. The fraction of sp³-hybridized carbons (Fsp3) is 0.500. The first kappa shape index (κ1) is 28.2. The Hall–Kier alpha value is -2.86. The number of carbonyl (C=O) groups excluding carboxylic acids is 1. The van der Waals surface area contributed by atoms with E-state index in [4.69, 9.17) is 4.74 Å². The van der Waals surface area contributed by atoms with E-state index in [9.17, 15) is 18.3 Å². The molecule has 38 heavy (non-hydrogen) atoms. The first-order valence-corrected chi connectivity index (χ1v) is 14.9. The average molecular weight is 539 g/mol. The number of hydrogen-bond acceptors (Lipinski definition) is 5. The lowest BCUT2D eigenvalue weighted by Crippen LogP contribution is -2.50. The van der Waals surface area contributed by atoms with Crippen LogP contribution in [0.5, 0.6) is 5.75 Å². The van der Waals surface area contributed by atoms with Crippen molar-refractivity contribution in [2.24, 2.45) is 11.8 Å². The summed E-state index contributed by atoms with van der Waals surface area (Å²) in [5.41, 5.74) is 1.63. The number of benzene rings is 2. The number of sulfonamides is 1. The molecule has 0 saturated heterocycles. The molecule has 2 aliphatic rings. The number of aliphatic hydroxyl groups excluding tert-OH is 1. The summed E-state index contributed by atoms with van der Waals surface area (Å²) in [5, 5.41) is 9.85. The Kier molecular flexibility index (Phi) is 9.14. The molecular weight excluding hydrogens is 500 g/mol. The number of ether oxygens (including phenoxy) is 1. The van der Waals surface area contributed by atoms with Crippen LogP contribution in [-0.2, 0) is 21.2 Å². The highest BCUT2D eigenvalue weighted by molar-refractivity contribution is 7.89. The van der Waals surface area contributed by atoms with Gasteiger partial charge in [-0.1, -0.05) is 61.9 Å². The zero-order valence-electron chi connectivity index (χ0n) is 22.5.